The molecule has 8 heteroatoms. The molecule has 3 aromatic rings. The number of carbonyl (C=O) groups excluding carboxylic acids is 1. The number of halogens is 1. The lowest BCUT2D eigenvalue weighted by atomic mass is 10.1. The first-order valence-electron chi connectivity index (χ1n) is 11.3. The van der Waals surface area contributed by atoms with Gasteiger partial charge in [-0.05, 0) is 35.4 Å². The highest BCUT2D eigenvalue weighted by Crippen LogP contribution is 2.17. The number of nitrogens with zero attached hydrogens (tertiary/aromatic N) is 2. The van der Waals surface area contributed by atoms with E-state index in [0.717, 1.165) is 36.3 Å². The highest BCUT2D eigenvalue weighted by atomic mass is 35.5. The van der Waals surface area contributed by atoms with Gasteiger partial charge in [-0.3, -0.25) is 14.5 Å². The molecule has 7 nitrogen and oxygen atoms in total. The van der Waals surface area contributed by atoms with Crippen LogP contribution in [0, 0.1) is 0 Å². The van der Waals surface area contributed by atoms with E-state index in [2.05, 4.69) is 10.2 Å². The van der Waals surface area contributed by atoms with Crippen LogP contribution in [-0.4, -0.2) is 59.9 Å². The number of nitrogens with one attached hydrogen (secondary N) is 1. The zero-order chi connectivity index (χ0) is 23.9. The van der Waals surface area contributed by atoms with Gasteiger partial charge in [-0.2, -0.15) is 0 Å². The van der Waals surface area contributed by atoms with E-state index in [-0.39, 0.29) is 17.6 Å². The van der Waals surface area contributed by atoms with Crippen LogP contribution in [0.4, 0.5) is 0 Å². The number of aromatic nitrogens is 1. The summed E-state index contributed by atoms with van der Waals surface area (Å²) in [7, 11) is 0. The van der Waals surface area contributed by atoms with Gasteiger partial charge in [-0.15, -0.1) is 0 Å². The second-order valence-electron chi connectivity index (χ2n) is 8.19. The Labute approximate surface area is 203 Å². The molecule has 2 heterocycles. The van der Waals surface area contributed by atoms with Crippen LogP contribution in [0.15, 0.2) is 59.5 Å². The zero-order valence-electron chi connectivity index (χ0n) is 18.9. The highest BCUT2D eigenvalue weighted by Gasteiger charge is 2.17. The first kappa shape index (κ1) is 24.2. The fourth-order valence-electron chi connectivity index (χ4n) is 4.01. The van der Waals surface area contributed by atoms with E-state index in [1.54, 1.807) is 36.5 Å². The van der Waals surface area contributed by atoms with Crippen LogP contribution in [0.5, 0.6) is 0 Å². The molecule has 0 spiro atoms. The summed E-state index contributed by atoms with van der Waals surface area (Å²) in [5.41, 5.74) is 2.24. The maximum Gasteiger partial charge on any atom is 0.257 e. The third-order valence-corrected chi connectivity index (χ3v) is 6.14. The lowest BCUT2D eigenvalue weighted by Gasteiger charge is -2.27. The van der Waals surface area contributed by atoms with Crippen LogP contribution in [0.3, 0.4) is 0 Å². The Morgan fingerprint density at radius 1 is 1.12 bits per heavy atom. The second kappa shape index (κ2) is 11.4. The Morgan fingerprint density at radius 2 is 1.88 bits per heavy atom. The van der Waals surface area contributed by atoms with Crippen LogP contribution in [0.1, 0.15) is 21.5 Å². The molecule has 1 aliphatic heterocycles. The molecule has 1 saturated heterocycles. The van der Waals surface area contributed by atoms with E-state index in [1.165, 1.54) is 0 Å². The molecule has 0 radical (unpaired) electrons. The van der Waals surface area contributed by atoms with Crippen molar-refractivity contribution in [1.82, 2.24) is 14.8 Å². The number of carbonyl (C=O) groups is 1. The van der Waals surface area contributed by atoms with E-state index in [0.29, 0.717) is 36.7 Å². The van der Waals surface area contributed by atoms with Crippen LogP contribution < -0.4 is 10.7 Å². The molecular formula is C26H28ClN3O4. The summed E-state index contributed by atoms with van der Waals surface area (Å²) >= 11 is 5.93. The van der Waals surface area contributed by atoms with Crippen molar-refractivity contribution in [3.05, 3.63) is 86.7 Å². The summed E-state index contributed by atoms with van der Waals surface area (Å²) in [5.74, 6) is -0.418. The van der Waals surface area contributed by atoms with Crippen molar-refractivity contribution in [2.75, 3.05) is 39.5 Å². The summed E-state index contributed by atoms with van der Waals surface area (Å²) in [4.78, 5) is 28.7. The number of hydrogen-bond acceptors (Lipinski definition) is 5. The fraction of sp³-hybridized carbons (Fsp3) is 0.308. The lowest BCUT2D eigenvalue weighted by molar-refractivity contribution is 0.0365. The second-order valence-corrected chi connectivity index (χ2v) is 8.63. The monoisotopic (exact) mass is 481 g/mol. The number of pyridine rings is 1. The van der Waals surface area contributed by atoms with Gasteiger partial charge in [0.2, 0.25) is 5.43 Å². The van der Waals surface area contributed by atoms with Gasteiger partial charge in [-0.25, -0.2) is 0 Å². The maximum absolute atomic E-state index is 13.3. The lowest BCUT2D eigenvalue weighted by Crippen LogP contribution is -2.38. The normalized spacial score (nSPS) is 14.6. The Balaban J connectivity index is 1.64. The van der Waals surface area contributed by atoms with E-state index >= 15 is 0 Å². The molecule has 4 rings (SSSR count). The Kier molecular flexibility index (Phi) is 8.13. The molecule has 2 N–H and O–H groups in total. The fourth-order valence-corrected chi connectivity index (χ4v) is 4.13. The number of morpholine rings is 1. The highest BCUT2D eigenvalue weighted by molar-refractivity contribution is 6.30. The first-order chi connectivity index (χ1) is 16.5. The zero-order valence-corrected chi connectivity index (χ0v) is 19.6. The van der Waals surface area contributed by atoms with Crippen LogP contribution in [-0.2, 0) is 17.8 Å². The molecule has 0 unspecified atom stereocenters. The number of aliphatic hydroxyl groups is 1. The summed E-state index contributed by atoms with van der Waals surface area (Å²) in [6.07, 6.45) is 5.02. The Morgan fingerprint density at radius 3 is 2.62 bits per heavy atom. The standard InChI is InChI=1S/C26H28ClN3O4/c27-21-6-3-20(4-7-21)17-28-26(33)23-18-30(10-9-29-11-14-34-15-12-29)24-8-5-19(2-1-13-31)16-22(24)25(23)32/h1-8,16,18,31H,9-15,17H2,(H,28,33). The quantitative estimate of drug-likeness (QED) is 0.517. The molecule has 0 saturated carbocycles. The van der Waals surface area contributed by atoms with Gasteiger partial charge in [-0.1, -0.05) is 42.0 Å². The van der Waals surface area contributed by atoms with Crippen LogP contribution in [0.25, 0.3) is 17.0 Å². The third-order valence-electron chi connectivity index (χ3n) is 5.89. The van der Waals surface area contributed by atoms with Gasteiger partial charge in [0.25, 0.3) is 5.91 Å². The van der Waals surface area contributed by atoms with E-state index in [1.807, 2.05) is 28.8 Å². The van der Waals surface area contributed by atoms with Gasteiger partial charge in [0.15, 0.2) is 0 Å². The SMILES string of the molecule is O=C(NCc1ccc(Cl)cc1)c1cn(CCN2CCOCC2)c2ccc(C=CCO)cc2c1=O. The van der Waals surface area contributed by atoms with Crippen molar-refractivity contribution in [2.45, 2.75) is 13.1 Å². The van der Waals surface area contributed by atoms with Crippen molar-refractivity contribution < 1.29 is 14.6 Å². The van der Waals surface area contributed by atoms with Gasteiger partial charge in [0.05, 0.1) is 25.3 Å². The molecule has 34 heavy (non-hydrogen) atoms. The van der Waals surface area contributed by atoms with Crippen molar-refractivity contribution in [3.63, 3.8) is 0 Å². The molecule has 0 atom stereocenters. The van der Waals surface area contributed by atoms with Crippen molar-refractivity contribution in [1.29, 1.82) is 0 Å². The van der Waals surface area contributed by atoms with Gasteiger partial charge in [0.1, 0.15) is 5.56 Å². The number of aliphatic hydroxyl groups excluding tert-OH is 1. The molecule has 0 bridgehead atoms. The van der Waals surface area contributed by atoms with E-state index < -0.39 is 5.91 Å². The smallest absolute Gasteiger partial charge is 0.257 e. The van der Waals surface area contributed by atoms with Gasteiger partial charge in [0, 0.05) is 49.3 Å². The summed E-state index contributed by atoms with van der Waals surface area (Å²) < 4.78 is 7.40. The molecule has 2 aromatic carbocycles. The Bertz CT molecular complexity index is 1230. The molecule has 1 aromatic heterocycles. The third kappa shape index (κ3) is 5.93. The van der Waals surface area contributed by atoms with E-state index in [4.69, 9.17) is 21.4 Å². The summed E-state index contributed by atoms with van der Waals surface area (Å²) in [6.45, 7) is 4.79. The van der Waals surface area contributed by atoms with Crippen molar-refractivity contribution >= 4 is 34.5 Å². The molecule has 1 fully saturated rings. The van der Waals surface area contributed by atoms with Gasteiger partial charge < -0.3 is 19.7 Å². The van der Waals surface area contributed by atoms with Gasteiger partial charge >= 0.3 is 0 Å². The minimum absolute atomic E-state index is 0.0883. The number of rotatable bonds is 8. The number of hydrogen-bond donors (Lipinski definition) is 2. The molecule has 1 aliphatic rings. The predicted octanol–water partition coefficient (Wildman–Crippen LogP) is 2.92. The maximum atomic E-state index is 13.3. The predicted molar refractivity (Wildman–Crippen MR) is 134 cm³/mol. The molecule has 1 amide bonds. The average molecular weight is 482 g/mol. The average Bonchev–Trinajstić information content (AvgIpc) is 2.87. The number of benzene rings is 2. The molecule has 0 aliphatic carbocycles. The van der Waals surface area contributed by atoms with Crippen molar-refractivity contribution in [2.24, 2.45) is 0 Å². The number of fused-ring (bicyclic) bond motifs is 1. The summed E-state index contributed by atoms with van der Waals surface area (Å²) in [6, 6.07) is 12.8. The van der Waals surface area contributed by atoms with Crippen LogP contribution in [0.2, 0.25) is 5.02 Å². The topological polar surface area (TPSA) is 83.8 Å². The largest absolute Gasteiger partial charge is 0.392 e. The minimum Gasteiger partial charge on any atom is -0.392 e. The molecular weight excluding hydrogens is 454 g/mol. The minimum atomic E-state index is -0.418. The number of amides is 1. The van der Waals surface area contributed by atoms with E-state index in [9.17, 15) is 9.59 Å². The van der Waals surface area contributed by atoms with Crippen LogP contribution >= 0.6 is 11.6 Å². The van der Waals surface area contributed by atoms with Crippen molar-refractivity contribution in [3.8, 4) is 0 Å². The summed E-state index contributed by atoms with van der Waals surface area (Å²) in [5, 5.41) is 13.0. The Hall–Kier alpha value is -2.97. The number of ether oxygens (including phenoxy) is 1. The molecule has 178 valence electrons. The first-order valence-corrected chi connectivity index (χ1v) is 11.7.